The third-order valence-corrected chi connectivity index (χ3v) is 4.91. The maximum Gasteiger partial charge on any atom is 0.273 e. The molecule has 0 bridgehead atoms. The van der Waals surface area contributed by atoms with Crippen molar-refractivity contribution < 1.29 is 4.79 Å². The Labute approximate surface area is 149 Å². The van der Waals surface area contributed by atoms with Crippen LogP contribution >= 0.6 is 0 Å². The molecule has 1 fully saturated rings. The Morgan fingerprint density at radius 1 is 1.12 bits per heavy atom. The van der Waals surface area contributed by atoms with Crippen LogP contribution in [0, 0.1) is 6.92 Å². The van der Waals surface area contributed by atoms with Crippen molar-refractivity contribution in [2.45, 2.75) is 31.8 Å². The van der Waals surface area contributed by atoms with Crippen molar-refractivity contribution in [3.05, 3.63) is 80.4 Å². The van der Waals surface area contributed by atoms with Gasteiger partial charge in [0.1, 0.15) is 6.54 Å². The van der Waals surface area contributed by atoms with Gasteiger partial charge in [0, 0.05) is 12.0 Å². The fraction of sp³-hybridized carbons (Fsp3) is 0.250. The van der Waals surface area contributed by atoms with E-state index in [9.17, 15) is 14.4 Å². The summed E-state index contributed by atoms with van der Waals surface area (Å²) in [4.78, 5) is 36.9. The second-order valence-corrected chi connectivity index (χ2v) is 6.75. The van der Waals surface area contributed by atoms with Crippen LogP contribution in [0.4, 0.5) is 0 Å². The summed E-state index contributed by atoms with van der Waals surface area (Å²) in [6.07, 6.45) is 0.889. The highest BCUT2D eigenvalue weighted by Gasteiger charge is 2.40. The van der Waals surface area contributed by atoms with Crippen LogP contribution in [0.2, 0.25) is 0 Å². The van der Waals surface area contributed by atoms with Gasteiger partial charge in [0.25, 0.3) is 11.1 Å². The molecule has 1 amide bonds. The third kappa shape index (κ3) is 2.94. The first-order valence-corrected chi connectivity index (χ1v) is 8.61. The van der Waals surface area contributed by atoms with E-state index in [-0.39, 0.29) is 29.6 Å². The Bertz CT molecular complexity index is 1110. The summed E-state index contributed by atoms with van der Waals surface area (Å²) in [5, 5.41) is 6.08. The minimum absolute atomic E-state index is 0.0754. The summed E-state index contributed by atoms with van der Waals surface area (Å²) >= 11 is 0. The standard InChI is InChI=1S/C20H19N3O3/c1-12-6-2-3-7-13(12)16-10-17(16)21-18(24)11-23-20(26)15-9-5-4-8-14(15)19(25)22-23/h2-9,16-17H,10-11H2,1H3,(H,21,24)(H,22,25)/t16-,17-/m0/s1. The Kier molecular flexibility index (Phi) is 3.95. The average molecular weight is 349 g/mol. The monoisotopic (exact) mass is 349 g/mol. The van der Waals surface area contributed by atoms with Crippen molar-refractivity contribution >= 4 is 16.7 Å². The van der Waals surface area contributed by atoms with E-state index in [0.29, 0.717) is 16.7 Å². The van der Waals surface area contributed by atoms with Crippen LogP contribution in [0.25, 0.3) is 10.8 Å². The number of rotatable bonds is 4. The molecule has 0 radical (unpaired) electrons. The lowest BCUT2D eigenvalue weighted by Crippen LogP contribution is -2.37. The van der Waals surface area contributed by atoms with Crippen molar-refractivity contribution in [2.75, 3.05) is 0 Å². The molecule has 4 rings (SSSR count). The lowest BCUT2D eigenvalue weighted by atomic mass is 10.0. The molecule has 1 aliphatic carbocycles. The van der Waals surface area contributed by atoms with E-state index in [1.165, 1.54) is 11.1 Å². The molecule has 1 saturated carbocycles. The molecule has 132 valence electrons. The maximum absolute atomic E-state index is 12.5. The van der Waals surface area contributed by atoms with Crippen LogP contribution in [0.3, 0.4) is 0 Å². The van der Waals surface area contributed by atoms with E-state index in [0.717, 1.165) is 11.1 Å². The number of carbonyl (C=O) groups excluding carboxylic acids is 1. The second-order valence-electron chi connectivity index (χ2n) is 6.75. The van der Waals surface area contributed by atoms with Crippen molar-refractivity contribution in [1.82, 2.24) is 15.1 Å². The zero-order chi connectivity index (χ0) is 18.3. The van der Waals surface area contributed by atoms with E-state index in [1.807, 2.05) is 12.1 Å². The van der Waals surface area contributed by atoms with Crippen LogP contribution < -0.4 is 16.4 Å². The van der Waals surface area contributed by atoms with Crippen LogP contribution in [-0.4, -0.2) is 21.7 Å². The van der Waals surface area contributed by atoms with Crippen molar-refractivity contribution in [3.8, 4) is 0 Å². The zero-order valence-electron chi connectivity index (χ0n) is 14.4. The minimum atomic E-state index is -0.378. The fourth-order valence-electron chi connectivity index (χ4n) is 3.46. The molecule has 0 saturated heterocycles. The quantitative estimate of drug-likeness (QED) is 0.751. The molecule has 1 aliphatic rings. The Morgan fingerprint density at radius 3 is 2.58 bits per heavy atom. The van der Waals surface area contributed by atoms with Gasteiger partial charge in [-0.3, -0.25) is 19.5 Å². The van der Waals surface area contributed by atoms with E-state index in [2.05, 4.69) is 29.5 Å². The molecular weight excluding hydrogens is 330 g/mol. The number of hydrogen-bond donors (Lipinski definition) is 2. The predicted molar refractivity (Wildman–Crippen MR) is 99.3 cm³/mol. The smallest absolute Gasteiger partial charge is 0.273 e. The molecule has 3 aromatic rings. The fourth-order valence-corrected chi connectivity index (χ4v) is 3.46. The summed E-state index contributed by atoms with van der Waals surface area (Å²) < 4.78 is 1.07. The summed E-state index contributed by atoms with van der Waals surface area (Å²) in [6.45, 7) is 1.86. The van der Waals surface area contributed by atoms with Gasteiger partial charge in [-0.05, 0) is 36.6 Å². The molecule has 2 aromatic carbocycles. The summed E-state index contributed by atoms with van der Waals surface area (Å²) in [7, 11) is 0. The molecule has 26 heavy (non-hydrogen) atoms. The number of aromatic nitrogens is 2. The van der Waals surface area contributed by atoms with Gasteiger partial charge in [-0.25, -0.2) is 4.68 Å². The van der Waals surface area contributed by atoms with Gasteiger partial charge in [-0.15, -0.1) is 0 Å². The highest BCUT2D eigenvalue weighted by atomic mass is 16.2. The number of carbonyl (C=O) groups is 1. The van der Waals surface area contributed by atoms with Crippen LogP contribution in [0.1, 0.15) is 23.5 Å². The summed E-state index contributed by atoms with van der Waals surface area (Å²) in [5.74, 6) is 0.0339. The molecular formula is C20H19N3O3. The first-order chi connectivity index (χ1) is 12.5. The zero-order valence-corrected chi connectivity index (χ0v) is 14.4. The van der Waals surface area contributed by atoms with Gasteiger partial charge in [0.05, 0.1) is 10.8 Å². The SMILES string of the molecule is Cc1ccccc1[C@@H]1C[C@@H]1NC(=O)Cn1[nH]c(=O)c2ccccc2c1=O. The van der Waals surface area contributed by atoms with E-state index < -0.39 is 0 Å². The van der Waals surface area contributed by atoms with Gasteiger partial charge in [0.15, 0.2) is 0 Å². The number of amides is 1. The summed E-state index contributed by atoms with van der Waals surface area (Å²) in [5.41, 5.74) is 1.71. The van der Waals surface area contributed by atoms with Gasteiger partial charge in [-0.2, -0.15) is 0 Å². The lowest BCUT2D eigenvalue weighted by molar-refractivity contribution is -0.122. The number of benzene rings is 2. The first-order valence-electron chi connectivity index (χ1n) is 8.61. The number of aromatic amines is 1. The Morgan fingerprint density at radius 2 is 1.81 bits per heavy atom. The molecule has 0 unspecified atom stereocenters. The number of aryl methyl sites for hydroxylation is 1. The number of nitrogens with one attached hydrogen (secondary N) is 2. The van der Waals surface area contributed by atoms with E-state index >= 15 is 0 Å². The van der Waals surface area contributed by atoms with Crippen molar-refractivity contribution in [1.29, 1.82) is 0 Å². The lowest BCUT2D eigenvalue weighted by Gasteiger charge is -2.09. The van der Waals surface area contributed by atoms with E-state index in [4.69, 9.17) is 0 Å². The van der Waals surface area contributed by atoms with Gasteiger partial charge >= 0.3 is 0 Å². The van der Waals surface area contributed by atoms with Gasteiger partial charge < -0.3 is 5.32 Å². The highest BCUT2D eigenvalue weighted by molar-refractivity contribution is 5.81. The number of H-pyrrole nitrogens is 1. The van der Waals surface area contributed by atoms with Crippen molar-refractivity contribution in [2.24, 2.45) is 0 Å². The topological polar surface area (TPSA) is 84.0 Å². The van der Waals surface area contributed by atoms with Gasteiger partial charge in [-0.1, -0.05) is 36.4 Å². The molecule has 1 heterocycles. The first kappa shape index (κ1) is 16.3. The van der Waals surface area contributed by atoms with Crippen LogP contribution in [-0.2, 0) is 11.3 Å². The normalized spacial score (nSPS) is 18.7. The Balaban J connectivity index is 1.49. The van der Waals surface area contributed by atoms with Crippen LogP contribution in [0.5, 0.6) is 0 Å². The van der Waals surface area contributed by atoms with E-state index in [1.54, 1.807) is 24.3 Å². The second kappa shape index (κ2) is 6.29. The number of nitrogens with zero attached hydrogens (tertiary/aromatic N) is 1. The predicted octanol–water partition coefficient (Wildman–Crippen LogP) is 1.67. The highest BCUT2D eigenvalue weighted by Crippen LogP contribution is 2.42. The number of hydrogen-bond acceptors (Lipinski definition) is 3. The Hall–Kier alpha value is -3.15. The van der Waals surface area contributed by atoms with Crippen molar-refractivity contribution in [3.63, 3.8) is 0 Å². The molecule has 6 heteroatoms. The van der Waals surface area contributed by atoms with Gasteiger partial charge in [0.2, 0.25) is 5.91 Å². The number of fused-ring (bicyclic) bond motifs is 1. The third-order valence-electron chi connectivity index (χ3n) is 4.91. The largest absolute Gasteiger partial charge is 0.351 e. The molecule has 1 aromatic heterocycles. The minimum Gasteiger partial charge on any atom is -0.351 e. The van der Waals surface area contributed by atoms with Crippen LogP contribution in [0.15, 0.2) is 58.1 Å². The molecule has 6 nitrogen and oxygen atoms in total. The molecule has 0 aliphatic heterocycles. The molecule has 2 N–H and O–H groups in total. The summed E-state index contributed by atoms with van der Waals surface area (Å²) in [6, 6.07) is 14.8. The molecule has 2 atom stereocenters. The molecule has 0 spiro atoms. The maximum atomic E-state index is 12.5. The average Bonchev–Trinajstić information content (AvgIpc) is 3.38.